The summed E-state index contributed by atoms with van der Waals surface area (Å²) < 4.78 is 15.6. The van der Waals surface area contributed by atoms with Gasteiger partial charge in [-0.2, -0.15) is 5.10 Å². The normalized spacial score (nSPS) is 11.2. The summed E-state index contributed by atoms with van der Waals surface area (Å²) in [6, 6.07) is 6.47. The Morgan fingerprint density at radius 1 is 1.25 bits per heavy atom. The molecule has 2 aromatic heterocycles. The molecule has 102 valence electrons. The van der Waals surface area contributed by atoms with E-state index in [0.29, 0.717) is 33.3 Å². The highest BCUT2D eigenvalue weighted by Gasteiger charge is 2.18. The highest BCUT2D eigenvalue weighted by molar-refractivity contribution is 7.98. The van der Waals surface area contributed by atoms with Crippen molar-refractivity contribution in [2.75, 3.05) is 12.0 Å². The van der Waals surface area contributed by atoms with Gasteiger partial charge in [0.2, 0.25) is 0 Å². The molecule has 0 aliphatic rings. The largest absolute Gasteiger partial charge is 0.383 e. The van der Waals surface area contributed by atoms with E-state index >= 15 is 0 Å². The molecule has 0 atom stereocenters. The number of thioether (sulfide) groups is 1. The van der Waals surface area contributed by atoms with Crippen molar-refractivity contribution in [1.29, 1.82) is 0 Å². The van der Waals surface area contributed by atoms with Crippen molar-refractivity contribution in [2.24, 2.45) is 7.05 Å². The number of hydrogen-bond donors (Lipinski definition) is 1. The fraction of sp³-hybridized carbons (Fsp3) is 0.154. The van der Waals surface area contributed by atoms with Crippen molar-refractivity contribution in [3.8, 4) is 11.3 Å². The molecule has 0 radical (unpaired) electrons. The maximum atomic E-state index is 14.0. The molecule has 2 heterocycles. The van der Waals surface area contributed by atoms with Gasteiger partial charge in [-0.05, 0) is 18.4 Å². The summed E-state index contributed by atoms with van der Waals surface area (Å²) in [7, 11) is 1.72. The van der Waals surface area contributed by atoms with E-state index in [0.717, 1.165) is 0 Å². The number of fused-ring (bicyclic) bond motifs is 1. The molecule has 2 N–H and O–H groups in total. The third-order valence-electron chi connectivity index (χ3n) is 3.03. The lowest BCUT2D eigenvalue weighted by molar-refractivity contribution is 0.630. The molecule has 5 nitrogen and oxygen atoms in total. The molecule has 1 aromatic carbocycles. The van der Waals surface area contributed by atoms with E-state index in [1.807, 2.05) is 6.26 Å². The summed E-state index contributed by atoms with van der Waals surface area (Å²) in [6.07, 6.45) is 1.86. The van der Waals surface area contributed by atoms with Gasteiger partial charge >= 0.3 is 0 Å². The van der Waals surface area contributed by atoms with E-state index < -0.39 is 0 Å². The molecule has 3 rings (SSSR count). The van der Waals surface area contributed by atoms with Gasteiger partial charge in [0, 0.05) is 12.6 Å². The molecule has 0 bridgehead atoms. The minimum Gasteiger partial charge on any atom is -0.383 e. The summed E-state index contributed by atoms with van der Waals surface area (Å²) in [4.78, 5) is 8.71. The van der Waals surface area contributed by atoms with Gasteiger partial charge in [0.25, 0.3) is 0 Å². The summed E-state index contributed by atoms with van der Waals surface area (Å²) in [5, 5.41) is 5.36. The first-order valence-electron chi connectivity index (χ1n) is 5.91. The number of aryl methyl sites for hydroxylation is 1. The molecule has 7 heteroatoms. The third-order valence-corrected chi connectivity index (χ3v) is 3.58. The Hall–Kier alpha value is -2.15. The van der Waals surface area contributed by atoms with Crippen molar-refractivity contribution in [3.63, 3.8) is 0 Å². The summed E-state index contributed by atoms with van der Waals surface area (Å²) in [5.74, 6) is 0.0775. The first-order valence-corrected chi connectivity index (χ1v) is 7.13. The van der Waals surface area contributed by atoms with Gasteiger partial charge in [-0.1, -0.05) is 23.9 Å². The Labute approximate surface area is 119 Å². The summed E-state index contributed by atoms with van der Waals surface area (Å²) >= 11 is 1.38. The van der Waals surface area contributed by atoms with Crippen molar-refractivity contribution < 1.29 is 4.39 Å². The SMILES string of the molecule is CSc1nc(-c2ccccc2F)c2c(N)n(C)nc2n1. The maximum absolute atomic E-state index is 14.0. The molecule has 0 amide bonds. The Kier molecular flexibility index (Phi) is 3.06. The molecule has 0 fully saturated rings. The molecule has 0 aliphatic carbocycles. The molecule has 3 aromatic rings. The lowest BCUT2D eigenvalue weighted by Gasteiger charge is -2.06. The zero-order valence-electron chi connectivity index (χ0n) is 11.0. The zero-order valence-corrected chi connectivity index (χ0v) is 11.8. The van der Waals surface area contributed by atoms with Gasteiger partial charge in [0.1, 0.15) is 11.6 Å². The van der Waals surface area contributed by atoms with Crippen LogP contribution in [0.2, 0.25) is 0 Å². The summed E-state index contributed by atoms with van der Waals surface area (Å²) in [5.41, 5.74) is 7.36. The minimum absolute atomic E-state index is 0.345. The van der Waals surface area contributed by atoms with Gasteiger partial charge in [-0.3, -0.25) is 4.68 Å². The molecule has 20 heavy (non-hydrogen) atoms. The second-order valence-electron chi connectivity index (χ2n) is 4.25. The first-order chi connectivity index (χ1) is 9.61. The second-order valence-corrected chi connectivity index (χ2v) is 5.02. The molecule has 0 saturated heterocycles. The highest BCUT2D eigenvalue weighted by Crippen LogP contribution is 2.32. The molecule has 0 spiro atoms. The standard InChI is InChI=1S/C13H12FN5S/c1-19-11(15)9-10(7-5-3-4-6-8(7)14)16-13(20-2)17-12(9)18-19/h3-6H,15H2,1-2H3. The third kappa shape index (κ3) is 1.90. The number of hydrogen-bond acceptors (Lipinski definition) is 5. The predicted octanol–water partition coefficient (Wildman–Crippen LogP) is 2.47. The van der Waals surface area contributed by atoms with Crippen molar-refractivity contribution >= 4 is 28.6 Å². The monoisotopic (exact) mass is 289 g/mol. The van der Waals surface area contributed by atoms with Crippen LogP contribution in [0.15, 0.2) is 29.4 Å². The Morgan fingerprint density at radius 2 is 2.00 bits per heavy atom. The van der Waals surface area contributed by atoms with Gasteiger partial charge in [-0.25, -0.2) is 14.4 Å². The fourth-order valence-corrected chi connectivity index (χ4v) is 2.39. The number of halogens is 1. The minimum atomic E-state index is -0.345. The van der Waals surface area contributed by atoms with Crippen LogP contribution in [0.25, 0.3) is 22.3 Å². The van der Waals surface area contributed by atoms with Crippen LogP contribution >= 0.6 is 11.8 Å². The van der Waals surface area contributed by atoms with Gasteiger partial charge in [0.15, 0.2) is 10.8 Å². The fourth-order valence-electron chi connectivity index (χ4n) is 2.03. The number of nitrogens with two attached hydrogens (primary N) is 1. The van der Waals surface area contributed by atoms with E-state index in [-0.39, 0.29) is 5.82 Å². The van der Waals surface area contributed by atoms with E-state index in [1.165, 1.54) is 22.5 Å². The maximum Gasteiger partial charge on any atom is 0.190 e. The van der Waals surface area contributed by atoms with Crippen LogP contribution in [0.5, 0.6) is 0 Å². The summed E-state index contributed by atoms with van der Waals surface area (Å²) in [6.45, 7) is 0. The lowest BCUT2D eigenvalue weighted by Crippen LogP contribution is -1.98. The van der Waals surface area contributed by atoms with E-state index in [2.05, 4.69) is 15.1 Å². The number of nitrogen functional groups attached to an aromatic ring is 1. The highest BCUT2D eigenvalue weighted by atomic mass is 32.2. The number of aromatic nitrogens is 4. The van der Waals surface area contributed by atoms with Crippen LogP contribution in [0, 0.1) is 5.82 Å². The smallest absolute Gasteiger partial charge is 0.190 e. The lowest BCUT2D eigenvalue weighted by atomic mass is 10.1. The molecule has 0 aliphatic heterocycles. The van der Waals surface area contributed by atoms with Crippen molar-refractivity contribution in [2.45, 2.75) is 5.16 Å². The van der Waals surface area contributed by atoms with E-state index in [4.69, 9.17) is 5.73 Å². The second kappa shape index (κ2) is 4.75. The molecule has 0 unspecified atom stereocenters. The zero-order chi connectivity index (χ0) is 14.3. The van der Waals surface area contributed by atoms with E-state index in [1.54, 1.807) is 25.2 Å². The van der Waals surface area contributed by atoms with Crippen LogP contribution in [0.1, 0.15) is 0 Å². The van der Waals surface area contributed by atoms with Gasteiger partial charge in [-0.15, -0.1) is 0 Å². The Balaban J connectivity index is 2.42. The van der Waals surface area contributed by atoms with Crippen LogP contribution in [0.3, 0.4) is 0 Å². The predicted molar refractivity (Wildman–Crippen MR) is 77.9 cm³/mol. The first kappa shape index (κ1) is 12.9. The molecular formula is C13H12FN5S. The number of anilines is 1. The average Bonchev–Trinajstić information content (AvgIpc) is 2.74. The number of benzene rings is 1. The van der Waals surface area contributed by atoms with Crippen LogP contribution in [-0.2, 0) is 7.05 Å². The molecule has 0 saturated carbocycles. The number of nitrogens with zero attached hydrogens (tertiary/aromatic N) is 4. The quantitative estimate of drug-likeness (QED) is 0.580. The Bertz CT molecular complexity index is 799. The average molecular weight is 289 g/mol. The van der Waals surface area contributed by atoms with E-state index in [9.17, 15) is 4.39 Å². The van der Waals surface area contributed by atoms with Crippen molar-refractivity contribution in [3.05, 3.63) is 30.1 Å². The van der Waals surface area contributed by atoms with Gasteiger partial charge < -0.3 is 5.73 Å². The van der Waals surface area contributed by atoms with Gasteiger partial charge in [0.05, 0.1) is 11.1 Å². The van der Waals surface area contributed by atoms with Crippen LogP contribution < -0.4 is 5.73 Å². The van der Waals surface area contributed by atoms with Crippen LogP contribution in [-0.4, -0.2) is 26.0 Å². The Morgan fingerprint density at radius 3 is 2.70 bits per heavy atom. The number of rotatable bonds is 2. The van der Waals surface area contributed by atoms with Crippen molar-refractivity contribution in [1.82, 2.24) is 19.7 Å². The van der Waals surface area contributed by atoms with Crippen LogP contribution in [0.4, 0.5) is 10.2 Å². The molecular weight excluding hydrogens is 277 g/mol. The topological polar surface area (TPSA) is 69.6 Å².